The van der Waals surface area contributed by atoms with Gasteiger partial charge in [-0.25, -0.2) is 8.42 Å². The number of hydrogen-bond donors (Lipinski definition) is 0. The summed E-state index contributed by atoms with van der Waals surface area (Å²) in [7, 11) is -1.91. The van der Waals surface area contributed by atoms with E-state index in [4.69, 9.17) is 0 Å². The molecule has 3 nitrogen and oxygen atoms in total. The molecule has 0 amide bonds. The van der Waals surface area contributed by atoms with Gasteiger partial charge in [-0.05, 0) is 24.7 Å². The van der Waals surface area contributed by atoms with Crippen LogP contribution in [0.4, 0.5) is 13.2 Å². The minimum atomic E-state index is -4.23. The van der Waals surface area contributed by atoms with Gasteiger partial charge in [-0.3, -0.25) is 4.90 Å². The Balaban J connectivity index is 2.70. The van der Waals surface area contributed by atoms with E-state index >= 15 is 0 Å². The van der Waals surface area contributed by atoms with E-state index in [-0.39, 0.29) is 11.4 Å². The first-order valence-corrected chi connectivity index (χ1v) is 7.01. The third-order valence-corrected chi connectivity index (χ3v) is 3.38. The van der Waals surface area contributed by atoms with Crippen LogP contribution in [0.25, 0.3) is 0 Å². The monoisotopic (exact) mass is 281 g/mol. The summed E-state index contributed by atoms with van der Waals surface area (Å²) in [5.41, 5.74) is 0.633. The van der Waals surface area contributed by atoms with Gasteiger partial charge in [0.1, 0.15) is 0 Å². The Morgan fingerprint density at radius 2 is 1.67 bits per heavy atom. The van der Waals surface area contributed by atoms with Crippen molar-refractivity contribution >= 4 is 9.84 Å². The normalized spacial score (nSPS) is 13.0. The highest BCUT2D eigenvalue weighted by Crippen LogP contribution is 2.17. The Morgan fingerprint density at radius 3 is 2.06 bits per heavy atom. The fraction of sp³-hybridized carbons (Fsp3) is 0.455. The molecular formula is C11H14F3NO2S. The third-order valence-electron chi connectivity index (χ3n) is 2.25. The Labute approximate surface area is 104 Å². The summed E-state index contributed by atoms with van der Waals surface area (Å²) in [6, 6.07) is 5.82. The molecule has 0 fully saturated rings. The van der Waals surface area contributed by atoms with Crippen LogP contribution in [0.15, 0.2) is 29.2 Å². The molecule has 1 aromatic rings. The summed E-state index contributed by atoms with van der Waals surface area (Å²) in [6.45, 7) is -0.885. The molecular weight excluding hydrogens is 267 g/mol. The first-order valence-electron chi connectivity index (χ1n) is 5.12. The van der Waals surface area contributed by atoms with Crippen LogP contribution in [0.1, 0.15) is 5.56 Å². The number of halogens is 3. The molecule has 0 radical (unpaired) electrons. The Morgan fingerprint density at radius 1 is 1.17 bits per heavy atom. The molecule has 0 saturated carbocycles. The standard InChI is InChI=1S/C11H14F3NO2S/c1-15(8-11(12,13)14)7-9-3-5-10(6-4-9)18(2,16)17/h3-6H,7-8H2,1-2H3. The molecule has 0 atom stereocenters. The summed E-state index contributed by atoms with van der Waals surface area (Å²) in [6.07, 6.45) is -3.15. The van der Waals surface area contributed by atoms with Gasteiger partial charge in [-0.15, -0.1) is 0 Å². The van der Waals surface area contributed by atoms with Gasteiger partial charge in [0.25, 0.3) is 0 Å². The predicted molar refractivity (Wildman–Crippen MR) is 61.9 cm³/mol. The smallest absolute Gasteiger partial charge is 0.294 e. The number of rotatable bonds is 4. The van der Waals surface area contributed by atoms with Crippen molar-refractivity contribution in [3.63, 3.8) is 0 Å². The second-order valence-electron chi connectivity index (χ2n) is 4.20. The average Bonchev–Trinajstić information content (AvgIpc) is 2.13. The molecule has 0 N–H and O–H groups in total. The first kappa shape index (κ1) is 15.0. The fourth-order valence-corrected chi connectivity index (χ4v) is 2.15. The van der Waals surface area contributed by atoms with Crippen LogP contribution in [0.5, 0.6) is 0 Å². The lowest BCUT2D eigenvalue weighted by atomic mass is 10.2. The fourth-order valence-electron chi connectivity index (χ4n) is 1.52. The van der Waals surface area contributed by atoms with Crippen LogP contribution < -0.4 is 0 Å². The van der Waals surface area contributed by atoms with Gasteiger partial charge in [-0.1, -0.05) is 12.1 Å². The van der Waals surface area contributed by atoms with Crippen molar-refractivity contribution < 1.29 is 21.6 Å². The van der Waals surface area contributed by atoms with E-state index < -0.39 is 22.6 Å². The molecule has 7 heteroatoms. The highest BCUT2D eigenvalue weighted by Gasteiger charge is 2.29. The van der Waals surface area contributed by atoms with E-state index in [9.17, 15) is 21.6 Å². The number of sulfone groups is 1. The Hall–Kier alpha value is -1.08. The van der Waals surface area contributed by atoms with Crippen molar-refractivity contribution in [2.24, 2.45) is 0 Å². The topological polar surface area (TPSA) is 37.4 Å². The van der Waals surface area contributed by atoms with Gasteiger partial charge >= 0.3 is 6.18 Å². The van der Waals surface area contributed by atoms with E-state index in [2.05, 4.69) is 0 Å². The van der Waals surface area contributed by atoms with Gasteiger partial charge in [-0.2, -0.15) is 13.2 Å². The molecule has 0 bridgehead atoms. The molecule has 0 heterocycles. The predicted octanol–water partition coefficient (Wildman–Crippen LogP) is 2.08. The van der Waals surface area contributed by atoms with E-state index in [1.807, 2.05) is 0 Å². The molecule has 1 aromatic carbocycles. The SMILES string of the molecule is CN(Cc1ccc(S(C)(=O)=O)cc1)CC(F)(F)F. The van der Waals surface area contributed by atoms with Gasteiger partial charge in [0.2, 0.25) is 0 Å². The van der Waals surface area contributed by atoms with Crippen LogP contribution in [-0.2, 0) is 16.4 Å². The van der Waals surface area contributed by atoms with Crippen molar-refractivity contribution in [2.45, 2.75) is 17.6 Å². The summed E-state index contributed by atoms with van der Waals surface area (Å²) in [5.74, 6) is 0. The summed E-state index contributed by atoms with van der Waals surface area (Å²) in [4.78, 5) is 1.28. The molecule has 18 heavy (non-hydrogen) atoms. The van der Waals surface area contributed by atoms with E-state index in [0.29, 0.717) is 5.56 Å². The molecule has 1 rings (SSSR count). The highest BCUT2D eigenvalue weighted by atomic mass is 32.2. The van der Waals surface area contributed by atoms with Crippen LogP contribution in [0.2, 0.25) is 0 Å². The van der Waals surface area contributed by atoms with Gasteiger partial charge in [0, 0.05) is 12.8 Å². The third kappa shape index (κ3) is 5.05. The number of benzene rings is 1. The van der Waals surface area contributed by atoms with Gasteiger partial charge in [0.15, 0.2) is 9.84 Å². The first-order chi connectivity index (χ1) is 8.08. The van der Waals surface area contributed by atoms with Crippen molar-refractivity contribution in [3.05, 3.63) is 29.8 Å². The highest BCUT2D eigenvalue weighted by molar-refractivity contribution is 7.90. The minimum Gasteiger partial charge on any atom is -0.294 e. The minimum absolute atomic E-state index is 0.115. The van der Waals surface area contributed by atoms with Crippen molar-refractivity contribution in [2.75, 3.05) is 19.8 Å². The summed E-state index contributed by atoms with van der Waals surface area (Å²) in [5, 5.41) is 0. The van der Waals surface area contributed by atoms with Gasteiger partial charge in [0.05, 0.1) is 11.4 Å². The average molecular weight is 281 g/mol. The van der Waals surface area contributed by atoms with Crippen LogP contribution in [0, 0.1) is 0 Å². The molecule has 0 unspecified atom stereocenters. The molecule has 0 saturated heterocycles. The second kappa shape index (κ2) is 5.27. The van der Waals surface area contributed by atoms with Crippen molar-refractivity contribution in [1.29, 1.82) is 0 Å². The van der Waals surface area contributed by atoms with Crippen molar-refractivity contribution in [3.8, 4) is 0 Å². The lowest BCUT2D eigenvalue weighted by molar-refractivity contribution is -0.144. The molecule has 102 valence electrons. The maximum Gasteiger partial charge on any atom is 0.401 e. The number of hydrogen-bond acceptors (Lipinski definition) is 3. The lowest BCUT2D eigenvalue weighted by Crippen LogP contribution is -2.30. The maximum absolute atomic E-state index is 12.1. The van der Waals surface area contributed by atoms with Crippen LogP contribution in [0.3, 0.4) is 0 Å². The molecule has 0 aliphatic rings. The molecule has 0 spiro atoms. The molecule has 0 aliphatic carbocycles. The second-order valence-corrected chi connectivity index (χ2v) is 6.22. The van der Waals surface area contributed by atoms with E-state index in [1.54, 1.807) is 0 Å². The largest absolute Gasteiger partial charge is 0.401 e. The zero-order chi connectivity index (χ0) is 14.0. The summed E-state index contributed by atoms with van der Waals surface area (Å²) >= 11 is 0. The van der Waals surface area contributed by atoms with E-state index in [0.717, 1.165) is 11.2 Å². The van der Waals surface area contributed by atoms with Crippen LogP contribution in [-0.4, -0.2) is 39.3 Å². The lowest BCUT2D eigenvalue weighted by Gasteiger charge is -2.18. The van der Waals surface area contributed by atoms with Crippen LogP contribution >= 0.6 is 0 Å². The number of alkyl halides is 3. The van der Waals surface area contributed by atoms with Gasteiger partial charge < -0.3 is 0 Å². The Kier molecular flexibility index (Phi) is 4.39. The molecule has 0 aromatic heterocycles. The van der Waals surface area contributed by atoms with E-state index in [1.165, 1.54) is 31.3 Å². The number of nitrogens with zero attached hydrogens (tertiary/aromatic N) is 1. The van der Waals surface area contributed by atoms with Crippen molar-refractivity contribution in [1.82, 2.24) is 4.90 Å². The summed E-state index contributed by atoms with van der Waals surface area (Å²) < 4.78 is 58.7. The Bertz CT molecular complexity index is 494. The quantitative estimate of drug-likeness (QED) is 0.848. The molecule has 0 aliphatic heterocycles. The zero-order valence-electron chi connectivity index (χ0n) is 10.0. The zero-order valence-corrected chi connectivity index (χ0v) is 10.8. The maximum atomic E-state index is 12.1.